The van der Waals surface area contributed by atoms with Gasteiger partial charge in [0.15, 0.2) is 0 Å². The van der Waals surface area contributed by atoms with Crippen LogP contribution in [0.3, 0.4) is 0 Å². The minimum atomic E-state index is -0.273. The van der Waals surface area contributed by atoms with Crippen molar-refractivity contribution in [3.05, 3.63) is 58.1 Å². The summed E-state index contributed by atoms with van der Waals surface area (Å²) in [4.78, 5) is 12.0. The van der Waals surface area contributed by atoms with E-state index in [1.165, 1.54) is 0 Å². The van der Waals surface area contributed by atoms with Crippen LogP contribution in [0.1, 0.15) is 24.1 Å². The van der Waals surface area contributed by atoms with Crippen molar-refractivity contribution in [3.63, 3.8) is 0 Å². The van der Waals surface area contributed by atoms with Crippen molar-refractivity contribution < 1.29 is 4.79 Å². The number of rotatable bonds is 3. The summed E-state index contributed by atoms with van der Waals surface area (Å²) in [5.41, 5.74) is 9.31. The molecule has 0 aliphatic carbocycles. The number of nitrogens with two attached hydrogens (primary N) is 1. The summed E-state index contributed by atoms with van der Waals surface area (Å²) in [5.74, 6) is 0. The molecular formula is C16H18BrN3O. The minimum absolute atomic E-state index is 0.0165. The Morgan fingerprint density at radius 2 is 1.81 bits per heavy atom. The number of amides is 2. The zero-order valence-electron chi connectivity index (χ0n) is 12.0. The Morgan fingerprint density at radius 1 is 1.14 bits per heavy atom. The third-order valence-electron chi connectivity index (χ3n) is 3.21. The molecule has 0 heterocycles. The van der Waals surface area contributed by atoms with Gasteiger partial charge in [-0.2, -0.15) is 0 Å². The molecule has 2 aromatic carbocycles. The lowest BCUT2D eigenvalue weighted by atomic mass is 10.1. The highest BCUT2D eigenvalue weighted by atomic mass is 79.9. The van der Waals surface area contributed by atoms with E-state index < -0.39 is 0 Å². The number of urea groups is 1. The predicted octanol–water partition coefficient (Wildman–Crippen LogP) is 4.42. The fourth-order valence-electron chi connectivity index (χ4n) is 1.90. The summed E-state index contributed by atoms with van der Waals surface area (Å²) in [6.45, 7) is 3.86. The highest BCUT2D eigenvalue weighted by Crippen LogP contribution is 2.23. The predicted molar refractivity (Wildman–Crippen MR) is 90.6 cm³/mol. The molecule has 1 unspecified atom stereocenters. The largest absolute Gasteiger partial charge is 0.324 e. The molecule has 0 saturated carbocycles. The maximum Gasteiger partial charge on any atom is 0.323 e. The van der Waals surface area contributed by atoms with Gasteiger partial charge < -0.3 is 16.4 Å². The average molecular weight is 348 g/mol. The lowest BCUT2D eigenvalue weighted by Crippen LogP contribution is -2.20. The van der Waals surface area contributed by atoms with Crippen molar-refractivity contribution in [2.45, 2.75) is 19.9 Å². The van der Waals surface area contributed by atoms with Crippen LogP contribution < -0.4 is 16.4 Å². The van der Waals surface area contributed by atoms with Gasteiger partial charge in [-0.15, -0.1) is 0 Å². The van der Waals surface area contributed by atoms with Gasteiger partial charge >= 0.3 is 6.03 Å². The molecule has 0 fully saturated rings. The smallest absolute Gasteiger partial charge is 0.323 e. The molecule has 1 atom stereocenters. The fraction of sp³-hybridized carbons (Fsp3) is 0.188. The lowest BCUT2D eigenvalue weighted by molar-refractivity contribution is 0.262. The van der Waals surface area contributed by atoms with Crippen LogP contribution in [0, 0.1) is 6.92 Å². The summed E-state index contributed by atoms with van der Waals surface area (Å²) in [5, 5.41) is 5.63. The quantitative estimate of drug-likeness (QED) is 0.769. The second kappa shape index (κ2) is 6.74. The second-order valence-electron chi connectivity index (χ2n) is 4.90. The fourth-order valence-corrected chi connectivity index (χ4v) is 2.26. The lowest BCUT2D eigenvalue weighted by Gasteiger charge is -2.11. The molecule has 2 rings (SSSR count). The Morgan fingerprint density at radius 3 is 2.43 bits per heavy atom. The van der Waals surface area contributed by atoms with Gasteiger partial charge in [0.2, 0.25) is 0 Å². The van der Waals surface area contributed by atoms with Gasteiger partial charge in [-0.3, -0.25) is 0 Å². The normalized spacial score (nSPS) is 11.8. The van der Waals surface area contributed by atoms with Crippen LogP contribution in [-0.2, 0) is 0 Å². The number of nitrogens with one attached hydrogen (secondary N) is 2. The molecule has 110 valence electrons. The molecule has 21 heavy (non-hydrogen) atoms. The van der Waals surface area contributed by atoms with Crippen molar-refractivity contribution in [2.24, 2.45) is 5.73 Å². The minimum Gasteiger partial charge on any atom is -0.324 e. The maximum atomic E-state index is 12.0. The first kappa shape index (κ1) is 15.5. The van der Waals surface area contributed by atoms with Gasteiger partial charge in [0.25, 0.3) is 0 Å². The van der Waals surface area contributed by atoms with E-state index in [2.05, 4.69) is 26.6 Å². The van der Waals surface area contributed by atoms with Gasteiger partial charge in [-0.05, 0) is 49.2 Å². The number of halogens is 1. The van der Waals surface area contributed by atoms with E-state index in [9.17, 15) is 4.79 Å². The molecule has 0 aliphatic heterocycles. The Bertz CT molecular complexity index is 638. The summed E-state index contributed by atoms with van der Waals surface area (Å²) in [6, 6.07) is 12.9. The number of carbonyl (C=O) groups excluding carboxylic acids is 1. The highest BCUT2D eigenvalue weighted by molar-refractivity contribution is 9.10. The Kier molecular flexibility index (Phi) is 4.98. The Balaban J connectivity index is 2.03. The van der Waals surface area contributed by atoms with Gasteiger partial charge in [0, 0.05) is 21.9 Å². The van der Waals surface area contributed by atoms with Crippen molar-refractivity contribution >= 4 is 33.3 Å². The SMILES string of the molecule is Cc1c(Br)cccc1NC(=O)Nc1ccc(C(C)N)cc1. The molecule has 5 heteroatoms. The number of benzene rings is 2. The van der Waals surface area contributed by atoms with Crippen molar-refractivity contribution in [1.29, 1.82) is 0 Å². The first-order chi connectivity index (χ1) is 9.97. The third-order valence-corrected chi connectivity index (χ3v) is 4.07. The molecule has 0 saturated heterocycles. The van der Waals surface area contributed by atoms with Gasteiger partial charge in [-0.25, -0.2) is 4.79 Å². The number of anilines is 2. The number of hydrogen-bond acceptors (Lipinski definition) is 2. The standard InChI is InChI=1S/C16H18BrN3O/c1-10-14(17)4-3-5-15(10)20-16(21)19-13-8-6-12(7-9-13)11(2)18/h3-9,11H,18H2,1-2H3,(H2,19,20,21). The molecule has 0 bridgehead atoms. The third kappa shape index (κ3) is 4.06. The zero-order valence-corrected chi connectivity index (χ0v) is 13.6. The maximum absolute atomic E-state index is 12.0. The van der Waals surface area contributed by atoms with Crippen LogP contribution >= 0.6 is 15.9 Å². The van der Waals surface area contributed by atoms with E-state index in [1.54, 1.807) is 0 Å². The van der Waals surface area contributed by atoms with Crippen LogP contribution in [0.25, 0.3) is 0 Å². The van der Waals surface area contributed by atoms with Crippen molar-refractivity contribution in [3.8, 4) is 0 Å². The van der Waals surface area contributed by atoms with Crippen molar-refractivity contribution in [2.75, 3.05) is 10.6 Å². The zero-order chi connectivity index (χ0) is 15.4. The van der Waals surface area contributed by atoms with Crippen LogP contribution in [0.4, 0.5) is 16.2 Å². The highest BCUT2D eigenvalue weighted by Gasteiger charge is 2.07. The molecule has 4 N–H and O–H groups in total. The van der Waals surface area contributed by atoms with E-state index in [1.807, 2.05) is 56.3 Å². The number of carbonyl (C=O) groups is 1. The van der Waals surface area contributed by atoms with Crippen molar-refractivity contribution in [1.82, 2.24) is 0 Å². The van der Waals surface area contributed by atoms with Crippen LogP contribution in [-0.4, -0.2) is 6.03 Å². The molecular weight excluding hydrogens is 330 g/mol. The molecule has 0 spiro atoms. The van der Waals surface area contributed by atoms with E-state index in [0.29, 0.717) is 0 Å². The average Bonchev–Trinajstić information content (AvgIpc) is 2.44. The van der Waals surface area contributed by atoms with E-state index in [4.69, 9.17) is 5.73 Å². The summed E-state index contributed by atoms with van der Waals surface area (Å²) in [6.07, 6.45) is 0. The topological polar surface area (TPSA) is 67.2 Å². The Labute approximate surface area is 132 Å². The number of hydrogen-bond donors (Lipinski definition) is 3. The van der Waals surface area contributed by atoms with Crippen LogP contribution in [0.5, 0.6) is 0 Å². The molecule has 0 aliphatic rings. The monoisotopic (exact) mass is 347 g/mol. The van der Waals surface area contributed by atoms with Crippen LogP contribution in [0.15, 0.2) is 46.9 Å². The van der Waals surface area contributed by atoms with Gasteiger partial charge in [-0.1, -0.05) is 34.1 Å². The second-order valence-corrected chi connectivity index (χ2v) is 5.76. The summed E-state index contributed by atoms with van der Waals surface area (Å²) < 4.78 is 0.960. The summed E-state index contributed by atoms with van der Waals surface area (Å²) >= 11 is 3.44. The van der Waals surface area contributed by atoms with Crippen LogP contribution in [0.2, 0.25) is 0 Å². The van der Waals surface area contributed by atoms with E-state index in [0.717, 1.165) is 27.0 Å². The van der Waals surface area contributed by atoms with E-state index in [-0.39, 0.29) is 12.1 Å². The molecule has 2 aromatic rings. The first-order valence-electron chi connectivity index (χ1n) is 6.66. The molecule has 4 nitrogen and oxygen atoms in total. The summed E-state index contributed by atoms with van der Waals surface area (Å²) in [7, 11) is 0. The van der Waals surface area contributed by atoms with Gasteiger partial charge in [0.1, 0.15) is 0 Å². The van der Waals surface area contributed by atoms with E-state index >= 15 is 0 Å². The molecule has 2 amide bonds. The molecule has 0 radical (unpaired) electrons. The van der Waals surface area contributed by atoms with Gasteiger partial charge in [0.05, 0.1) is 0 Å². The molecule has 0 aromatic heterocycles. The first-order valence-corrected chi connectivity index (χ1v) is 7.45. The Hall–Kier alpha value is -1.85.